The van der Waals surface area contributed by atoms with Crippen molar-refractivity contribution in [2.45, 2.75) is 167 Å². The van der Waals surface area contributed by atoms with Crippen molar-refractivity contribution in [2.24, 2.45) is 0 Å². The summed E-state index contributed by atoms with van der Waals surface area (Å²) in [4.78, 5) is 0. The minimum absolute atomic E-state index is 0.0906. The Labute approximate surface area is 200 Å². The van der Waals surface area contributed by atoms with Gasteiger partial charge < -0.3 is 20.6 Å². The quantitative estimate of drug-likeness (QED) is 0.0770. The molecule has 5 N–H and O–H groups in total. The SMILES string of the molecule is CCCCCCCCCCCCCCCCCCCCCCNC(CC)NC(O)C(O)O. The van der Waals surface area contributed by atoms with E-state index in [0.29, 0.717) is 0 Å². The van der Waals surface area contributed by atoms with Crippen LogP contribution in [-0.2, 0) is 0 Å². The lowest BCUT2D eigenvalue weighted by Gasteiger charge is -2.23. The predicted octanol–water partition coefficient (Wildman–Crippen LogP) is 6.35. The third kappa shape index (κ3) is 23.0. The summed E-state index contributed by atoms with van der Waals surface area (Å²) in [7, 11) is 0. The maximum atomic E-state index is 9.45. The smallest absolute Gasteiger partial charge is 0.192 e. The summed E-state index contributed by atoms with van der Waals surface area (Å²) in [6.45, 7) is 5.17. The van der Waals surface area contributed by atoms with Crippen LogP contribution in [0.1, 0.15) is 149 Å². The molecule has 0 aliphatic rings. The molecule has 0 aliphatic carbocycles. The van der Waals surface area contributed by atoms with Crippen LogP contribution in [0.4, 0.5) is 0 Å². The van der Waals surface area contributed by atoms with Crippen molar-refractivity contribution >= 4 is 0 Å². The third-order valence-electron chi connectivity index (χ3n) is 6.48. The molecule has 194 valence electrons. The van der Waals surface area contributed by atoms with Gasteiger partial charge in [0.2, 0.25) is 0 Å². The minimum Gasteiger partial charge on any atom is -0.373 e. The Kier molecular flexibility index (Phi) is 25.3. The number of aliphatic hydroxyl groups is 3. The lowest BCUT2D eigenvalue weighted by Crippen LogP contribution is -2.51. The largest absolute Gasteiger partial charge is 0.373 e. The van der Waals surface area contributed by atoms with Gasteiger partial charge in [-0.05, 0) is 19.4 Å². The van der Waals surface area contributed by atoms with E-state index in [4.69, 9.17) is 10.2 Å². The second kappa shape index (κ2) is 25.4. The standard InChI is InChI=1S/C27H58N2O3/c1-3-5-6-7-8-9-10-11-12-13-14-15-16-17-18-19-20-21-22-23-24-28-25(4-2)29-26(30)27(31)32/h25-32H,3-24H2,1-2H3. The molecule has 2 unspecified atom stereocenters. The van der Waals surface area contributed by atoms with E-state index in [0.717, 1.165) is 19.4 Å². The monoisotopic (exact) mass is 458 g/mol. The maximum Gasteiger partial charge on any atom is 0.192 e. The molecule has 2 atom stereocenters. The zero-order chi connectivity index (χ0) is 23.7. The van der Waals surface area contributed by atoms with Crippen LogP contribution in [0.25, 0.3) is 0 Å². The van der Waals surface area contributed by atoms with E-state index in [1.165, 1.54) is 122 Å². The molecular formula is C27H58N2O3. The first-order chi connectivity index (χ1) is 15.6. The normalized spacial score (nSPS) is 13.7. The number of aliphatic hydroxyl groups excluding tert-OH is 2. The van der Waals surface area contributed by atoms with Crippen molar-refractivity contribution in [3.05, 3.63) is 0 Å². The number of rotatable bonds is 26. The first-order valence-corrected chi connectivity index (χ1v) is 14.1. The summed E-state index contributed by atoms with van der Waals surface area (Å²) in [5.74, 6) is 0. The Hall–Kier alpha value is -0.200. The van der Waals surface area contributed by atoms with E-state index in [2.05, 4.69) is 17.6 Å². The lowest BCUT2D eigenvalue weighted by atomic mass is 10.0. The molecule has 32 heavy (non-hydrogen) atoms. The minimum atomic E-state index is -1.74. The van der Waals surface area contributed by atoms with Gasteiger partial charge in [-0.3, -0.25) is 5.32 Å². The van der Waals surface area contributed by atoms with E-state index in [1.54, 1.807) is 0 Å². The lowest BCUT2D eigenvalue weighted by molar-refractivity contribution is -0.137. The predicted molar refractivity (Wildman–Crippen MR) is 137 cm³/mol. The van der Waals surface area contributed by atoms with E-state index >= 15 is 0 Å². The van der Waals surface area contributed by atoms with E-state index in [9.17, 15) is 5.11 Å². The molecule has 0 aliphatic heterocycles. The highest BCUT2D eigenvalue weighted by Gasteiger charge is 2.16. The van der Waals surface area contributed by atoms with Crippen molar-refractivity contribution in [1.82, 2.24) is 10.6 Å². The van der Waals surface area contributed by atoms with Gasteiger partial charge in [0.1, 0.15) is 0 Å². The van der Waals surface area contributed by atoms with Crippen molar-refractivity contribution in [2.75, 3.05) is 6.54 Å². The Bertz CT molecular complexity index is 356. The number of hydrogen-bond donors (Lipinski definition) is 5. The molecule has 0 heterocycles. The molecule has 0 saturated heterocycles. The van der Waals surface area contributed by atoms with Gasteiger partial charge in [0.15, 0.2) is 12.5 Å². The molecular weight excluding hydrogens is 400 g/mol. The van der Waals surface area contributed by atoms with Crippen molar-refractivity contribution in [3.8, 4) is 0 Å². The van der Waals surface area contributed by atoms with E-state index in [1.807, 2.05) is 6.92 Å². The Morgan fingerprint density at radius 2 is 0.844 bits per heavy atom. The summed E-state index contributed by atoms with van der Waals surface area (Å²) in [5.41, 5.74) is 0. The van der Waals surface area contributed by atoms with Gasteiger partial charge in [-0.25, -0.2) is 0 Å². The van der Waals surface area contributed by atoms with Crippen molar-refractivity contribution < 1.29 is 15.3 Å². The first-order valence-electron chi connectivity index (χ1n) is 14.1. The van der Waals surface area contributed by atoms with Gasteiger partial charge in [-0.1, -0.05) is 136 Å². The highest BCUT2D eigenvalue weighted by Crippen LogP contribution is 2.14. The Morgan fingerprint density at radius 1 is 0.500 bits per heavy atom. The molecule has 0 spiro atoms. The molecule has 0 fully saturated rings. The summed E-state index contributed by atoms with van der Waals surface area (Å²) in [6, 6.07) is 0. The van der Waals surface area contributed by atoms with E-state index < -0.39 is 12.5 Å². The second-order valence-electron chi connectivity index (χ2n) is 9.66. The van der Waals surface area contributed by atoms with Crippen LogP contribution >= 0.6 is 0 Å². The fourth-order valence-corrected chi connectivity index (χ4v) is 4.27. The summed E-state index contributed by atoms with van der Waals surface area (Å²) in [5, 5.41) is 33.4. The van der Waals surface area contributed by atoms with Crippen LogP contribution in [0.5, 0.6) is 0 Å². The molecule has 0 rings (SSSR count). The van der Waals surface area contributed by atoms with E-state index in [-0.39, 0.29) is 6.17 Å². The number of hydrogen-bond acceptors (Lipinski definition) is 5. The topological polar surface area (TPSA) is 84.8 Å². The van der Waals surface area contributed by atoms with Gasteiger partial charge in [-0.15, -0.1) is 0 Å². The Balaban J connectivity index is 3.20. The van der Waals surface area contributed by atoms with Crippen LogP contribution in [0.3, 0.4) is 0 Å². The zero-order valence-electron chi connectivity index (χ0n) is 21.6. The fraction of sp³-hybridized carbons (Fsp3) is 1.00. The van der Waals surface area contributed by atoms with Gasteiger partial charge in [0.25, 0.3) is 0 Å². The first kappa shape index (κ1) is 31.8. The maximum absolute atomic E-state index is 9.45. The number of nitrogens with one attached hydrogen (secondary N) is 2. The Morgan fingerprint density at radius 3 is 1.16 bits per heavy atom. The molecule has 0 aromatic heterocycles. The molecule has 0 amide bonds. The molecule has 0 bridgehead atoms. The third-order valence-corrected chi connectivity index (χ3v) is 6.48. The number of unbranched alkanes of at least 4 members (excludes halogenated alkanes) is 19. The van der Waals surface area contributed by atoms with Gasteiger partial charge in [-0.2, -0.15) is 0 Å². The highest BCUT2D eigenvalue weighted by molar-refractivity contribution is 4.66. The van der Waals surface area contributed by atoms with Crippen LogP contribution in [0, 0.1) is 0 Å². The fourth-order valence-electron chi connectivity index (χ4n) is 4.27. The second-order valence-corrected chi connectivity index (χ2v) is 9.66. The molecule has 0 radical (unpaired) electrons. The average molecular weight is 459 g/mol. The summed E-state index contributed by atoms with van der Waals surface area (Å²) < 4.78 is 0. The van der Waals surface area contributed by atoms with Crippen LogP contribution < -0.4 is 10.6 Å². The van der Waals surface area contributed by atoms with Crippen molar-refractivity contribution in [3.63, 3.8) is 0 Å². The zero-order valence-corrected chi connectivity index (χ0v) is 21.6. The summed E-state index contributed by atoms with van der Waals surface area (Å²) >= 11 is 0. The van der Waals surface area contributed by atoms with Crippen LogP contribution in [0.2, 0.25) is 0 Å². The molecule has 0 saturated carbocycles. The average Bonchev–Trinajstić information content (AvgIpc) is 2.79. The van der Waals surface area contributed by atoms with Gasteiger partial charge in [0.05, 0.1) is 6.17 Å². The molecule has 0 aromatic rings. The molecule has 5 heteroatoms. The summed E-state index contributed by atoms with van der Waals surface area (Å²) in [6.07, 6.45) is 25.4. The van der Waals surface area contributed by atoms with Crippen molar-refractivity contribution in [1.29, 1.82) is 0 Å². The van der Waals surface area contributed by atoms with Crippen LogP contribution in [0.15, 0.2) is 0 Å². The van der Waals surface area contributed by atoms with Crippen LogP contribution in [-0.4, -0.2) is 40.5 Å². The molecule has 5 nitrogen and oxygen atoms in total. The van der Waals surface area contributed by atoms with Gasteiger partial charge >= 0.3 is 0 Å². The van der Waals surface area contributed by atoms with Gasteiger partial charge in [0, 0.05) is 0 Å². The molecule has 0 aromatic carbocycles. The highest BCUT2D eigenvalue weighted by atomic mass is 16.5.